The summed E-state index contributed by atoms with van der Waals surface area (Å²) in [6.45, 7) is 2.31. The number of benzene rings is 2. The third-order valence-corrected chi connectivity index (χ3v) is 9.61. The first-order chi connectivity index (χ1) is 16.8. The zero-order valence-corrected chi connectivity index (χ0v) is 25.0. The quantitative estimate of drug-likeness (QED) is 0.477. The molecule has 0 saturated heterocycles. The summed E-state index contributed by atoms with van der Waals surface area (Å²) in [4.78, 5) is 0. The zero-order chi connectivity index (χ0) is 23.3. The van der Waals surface area contributed by atoms with Crippen LogP contribution in [0.15, 0.2) is 108 Å². The topological polar surface area (TPSA) is 0 Å². The van der Waals surface area contributed by atoms with Crippen molar-refractivity contribution in [3.8, 4) is 0 Å². The van der Waals surface area contributed by atoms with Crippen molar-refractivity contribution in [1.29, 1.82) is 0 Å². The van der Waals surface area contributed by atoms with E-state index in [2.05, 4.69) is 110 Å². The third-order valence-electron chi connectivity index (χ3n) is 8.20. The van der Waals surface area contributed by atoms with Gasteiger partial charge in [-0.05, 0) is 36.7 Å². The summed E-state index contributed by atoms with van der Waals surface area (Å²) >= 11 is 1.46. The van der Waals surface area contributed by atoms with Gasteiger partial charge in [-0.1, -0.05) is 61.6 Å². The van der Waals surface area contributed by atoms with Crippen molar-refractivity contribution in [1.82, 2.24) is 0 Å². The Morgan fingerprint density at radius 3 is 2.17 bits per heavy atom. The molecule has 0 amide bonds. The first-order valence-electron chi connectivity index (χ1n) is 13.0. The predicted octanol–water partition coefficient (Wildman–Crippen LogP) is 2.07. The second-order valence-electron chi connectivity index (χ2n) is 10.0. The van der Waals surface area contributed by atoms with Crippen molar-refractivity contribution in [2.75, 3.05) is 0 Å². The molecular weight excluding hydrogens is 558 g/mol. The Morgan fingerprint density at radius 2 is 1.53 bits per heavy atom. The van der Waals surface area contributed by atoms with Crippen molar-refractivity contribution < 1.29 is 49.0 Å². The Kier molecular flexibility index (Phi) is 11.4. The van der Waals surface area contributed by atoms with Gasteiger partial charge in [-0.15, -0.1) is 12.0 Å². The van der Waals surface area contributed by atoms with Crippen molar-refractivity contribution in [3.05, 3.63) is 126 Å². The fourth-order valence-electron chi connectivity index (χ4n) is 6.58. The number of rotatable bonds is 4. The standard InChI is InChI=1S/C20H25.C13H10.2ClH.Zr/c1-2-14-8-5-10-16(14)18-11-6-12-19-17-9-4-3-7-15(17)13-20(18)19;1-3-7-12(8-4-1)11-13-9-5-2-6-10-13;;;/h3-5,7-9,13,15,17-20H,2,6,10-12H2,1H3;1-10H;2*1H;/q-1;;;;+2/p-2. The predicted molar refractivity (Wildman–Crippen MR) is 141 cm³/mol. The molecule has 0 bridgehead atoms. The fourth-order valence-corrected chi connectivity index (χ4v) is 7.40. The summed E-state index contributed by atoms with van der Waals surface area (Å²) in [6, 6.07) is 21.1. The van der Waals surface area contributed by atoms with Crippen LogP contribution in [0, 0.1) is 36.0 Å². The van der Waals surface area contributed by atoms with Crippen LogP contribution in [0.4, 0.5) is 0 Å². The van der Waals surface area contributed by atoms with E-state index in [0.29, 0.717) is 0 Å². The first kappa shape index (κ1) is 29.3. The second kappa shape index (κ2) is 14.0. The summed E-state index contributed by atoms with van der Waals surface area (Å²) in [5.74, 6) is 4.10. The molecule has 0 heterocycles. The van der Waals surface area contributed by atoms with Gasteiger partial charge in [0, 0.05) is 0 Å². The molecule has 4 aliphatic rings. The summed E-state index contributed by atoms with van der Waals surface area (Å²) in [7, 11) is 0. The van der Waals surface area contributed by atoms with E-state index < -0.39 is 0 Å². The summed E-state index contributed by atoms with van der Waals surface area (Å²) < 4.78 is 1.42. The van der Waals surface area contributed by atoms with Crippen LogP contribution in [0.1, 0.15) is 50.2 Å². The van der Waals surface area contributed by atoms with E-state index in [4.69, 9.17) is 0 Å². The maximum atomic E-state index is 2.71. The monoisotopic (exact) mass is 591 g/mol. The van der Waals surface area contributed by atoms with Gasteiger partial charge < -0.3 is 31.2 Å². The van der Waals surface area contributed by atoms with Crippen LogP contribution >= 0.6 is 0 Å². The number of fused-ring (bicyclic) bond motifs is 3. The van der Waals surface area contributed by atoms with Gasteiger partial charge in [0.2, 0.25) is 0 Å². The Labute approximate surface area is 245 Å². The number of allylic oxidation sites excluding steroid dienone is 8. The Balaban J connectivity index is 0.000000201. The Bertz CT molecular complexity index is 1070. The average molecular weight is 594 g/mol. The minimum atomic E-state index is 0. The van der Waals surface area contributed by atoms with E-state index in [1.807, 2.05) is 0 Å². The second-order valence-corrected chi connectivity index (χ2v) is 11.2. The average Bonchev–Trinajstić information content (AvgIpc) is 3.54. The zero-order valence-electron chi connectivity index (χ0n) is 21.0. The molecule has 0 aromatic heterocycles. The van der Waals surface area contributed by atoms with Gasteiger partial charge in [0.15, 0.2) is 0 Å². The molecule has 0 radical (unpaired) electrons. The maximum absolute atomic E-state index is 2.71. The van der Waals surface area contributed by atoms with Gasteiger partial charge >= 0.3 is 99.2 Å². The summed E-state index contributed by atoms with van der Waals surface area (Å²) in [5.41, 5.74) is 6.09. The SMILES string of the molecule is CCC1=C(C2CCCC3C4C=CC=CC4[CH-]C23)CC=C1.[Cl-].[Cl-].[Zr+2]=[C](c1ccccc1)c1ccccc1. The normalized spacial score (nSPS) is 27.2. The van der Waals surface area contributed by atoms with Crippen LogP contribution in [0.25, 0.3) is 0 Å². The Morgan fingerprint density at radius 1 is 0.889 bits per heavy atom. The van der Waals surface area contributed by atoms with Gasteiger partial charge in [0.1, 0.15) is 0 Å². The molecule has 6 rings (SSSR count). The molecule has 2 aromatic carbocycles. The van der Waals surface area contributed by atoms with Crippen molar-refractivity contribution in [2.24, 2.45) is 29.6 Å². The van der Waals surface area contributed by atoms with Gasteiger partial charge in [-0.3, -0.25) is 0 Å². The van der Waals surface area contributed by atoms with E-state index in [-0.39, 0.29) is 24.8 Å². The van der Waals surface area contributed by atoms with Crippen molar-refractivity contribution in [3.63, 3.8) is 0 Å². The minimum absolute atomic E-state index is 0. The van der Waals surface area contributed by atoms with E-state index >= 15 is 0 Å². The molecule has 4 aliphatic carbocycles. The molecule has 186 valence electrons. The molecule has 0 nitrogen and oxygen atoms in total. The van der Waals surface area contributed by atoms with Gasteiger partial charge in [0.25, 0.3) is 0 Å². The van der Waals surface area contributed by atoms with Crippen molar-refractivity contribution in [2.45, 2.75) is 39.0 Å². The van der Waals surface area contributed by atoms with Crippen molar-refractivity contribution >= 4 is 3.21 Å². The number of hydrogen-bond acceptors (Lipinski definition) is 0. The third kappa shape index (κ3) is 6.41. The molecule has 5 atom stereocenters. The Hall–Kier alpha value is -1.27. The number of halogens is 2. The molecule has 0 N–H and O–H groups in total. The van der Waals surface area contributed by atoms with Crippen LogP contribution in [0.5, 0.6) is 0 Å². The van der Waals surface area contributed by atoms with Gasteiger partial charge in [-0.25, -0.2) is 0 Å². The molecule has 2 fully saturated rings. The summed E-state index contributed by atoms with van der Waals surface area (Å²) in [5, 5.41) is 0. The van der Waals surface area contributed by atoms with E-state index in [0.717, 1.165) is 29.6 Å². The van der Waals surface area contributed by atoms with E-state index in [1.165, 1.54) is 70.7 Å². The van der Waals surface area contributed by atoms with Crippen LogP contribution in [0.3, 0.4) is 0 Å². The van der Waals surface area contributed by atoms with Crippen LogP contribution < -0.4 is 24.8 Å². The van der Waals surface area contributed by atoms with Crippen LogP contribution in [-0.4, -0.2) is 3.21 Å². The van der Waals surface area contributed by atoms with Gasteiger partial charge in [-0.2, -0.15) is 5.92 Å². The molecular formula is C33H35Cl2Zr-. The molecule has 2 aromatic rings. The summed E-state index contributed by atoms with van der Waals surface area (Å²) in [6.07, 6.45) is 23.7. The molecule has 2 saturated carbocycles. The van der Waals surface area contributed by atoms with E-state index in [9.17, 15) is 0 Å². The first-order valence-corrected chi connectivity index (χ1v) is 14.3. The van der Waals surface area contributed by atoms with Crippen LogP contribution in [-0.2, 0) is 24.2 Å². The van der Waals surface area contributed by atoms with Gasteiger partial charge in [0.05, 0.1) is 0 Å². The molecule has 0 spiro atoms. The molecule has 36 heavy (non-hydrogen) atoms. The molecule has 5 unspecified atom stereocenters. The van der Waals surface area contributed by atoms with E-state index in [1.54, 1.807) is 11.1 Å². The number of hydrogen-bond donors (Lipinski definition) is 0. The fraction of sp³-hybridized carbons (Fsp3) is 0.333. The van der Waals surface area contributed by atoms with Crippen LogP contribution in [0.2, 0.25) is 0 Å². The molecule has 0 aliphatic heterocycles. The molecule has 3 heteroatoms.